The molecule has 0 bridgehead atoms. The zero-order valence-corrected chi connectivity index (χ0v) is 28.2. The number of carboxylic acid groups (broad SMARTS) is 2. The Morgan fingerprint density at radius 2 is 1.40 bits per heavy atom. The number of hydrogen-bond acceptors (Lipinski definition) is 12. The molecule has 17 nitrogen and oxygen atoms in total. The van der Waals surface area contributed by atoms with E-state index in [0.717, 1.165) is 12.1 Å². The predicted octanol–water partition coefficient (Wildman–Crippen LogP) is 2.43. The van der Waals surface area contributed by atoms with E-state index in [4.69, 9.17) is 22.9 Å². The third-order valence-electron chi connectivity index (χ3n) is 7.30. The van der Waals surface area contributed by atoms with Crippen molar-refractivity contribution in [1.82, 2.24) is 19.1 Å². The van der Waals surface area contributed by atoms with Gasteiger partial charge in [-0.2, -0.15) is 5.26 Å². The van der Waals surface area contributed by atoms with Crippen molar-refractivity contribution in [3.63, 3.8) is 0 Å². The maximum absolute atomic E-state index is 14.5. The molecule has 2 aromatic heterocycles. The number of imidazole rings is 2. The molecule has 2 heterocycles. The van der Waals surface area contributed by atoms with Gasteiger partial charge in [0.2, 0.25) is 0 Å². The highest BCUT2D eigenvalue weighted by molar-refractivity contribution is 6.07. The molecule has 0 atom stereocenters. The number of amides is 1. The minimum atomic E-state index is -1.37. The highest BCUT2D eigenvalue weighted by atomic mass is 19.1. The fourth-order valence-electron chi connectivity index (χ4n) is 4.56. The summed E-state index contributed by atoms with van der Waals surface area (Å²) in [7, 11) is 1.52. The molecule has 0 spiro atoms. The Bertz CT molecular complexity index is 2130. The summed E-state index contributed by atoms with van der Waals surface area (Å²) in [6.07, 6.45) is 16.3. The molecule has 4 rings (SSSR count). The van der Waals surface area contributed by atoms with E-state index in [-0.39, 0.29) is 63.7 Å². The topological polar surface area (TPSA) is 296 Å². The summed E-state index contributed by atoms with van der Waals surface area (Å²) >= 11 is 0. The van der Waals surface area contributed by atoms with Gasteiger partial charge in [-0.1, -0.05) is 0 Å². The van der Waals surface area contributed by atoms with Crippen molar-refractivity contribution in [2.75, 3.05) is 17.7 Å². The minimum absolute atomic E-state index is 0.0764. The second-order valence-electron chi connectivity index (χ2n) is 10.9. The molecule has 0 aliphatic heterocycles. The maximum atomic E-state index is 14.5. The summed E-state index contributed by atoms with van der Waals surface area (Å²) in [4.78, 5) is 53.6. The lowest BCUT2D eigenvalue weighted by Crippen LogP contribution is -2.22. The molecule has 0 unspecified atom stereocenters. The van der Waals surface area contributed by atoms with Gasteiger partial charge in [-0.3, -0.25) is 18.7 Å². The fourth-order valence-corrected chi connectivity index (χ4v) is 4.56. The van der Waals surface area contributed by atoms with E-state index in [0.29, 0.717) is 24.1 Å². The predicted molar refractivity (Wildman–Crippen MR) is 194 cm³/mol. The number of hydrogen-bond donors (Lipinski definition) is 8. The molecule has 0 saturated heterocycles. The first kappa shape index (κ1) is 39.8. The monoisotopic (exact) mass is 725 g/mol. The van der Waals surface area contributed by atoms with Crippen LogP contribution in [0.25, 0.3) is 11.6 Å². The second kappa shape index (κ2) is 18.9. The van der Waals surface area contributed by atoms with Gasteiger partial charge in [-0.05, 0) is 79.0 Å². The molecule has 0 aliphatic rings. The number of rotatable bonds is 14. The molecular formula is C35H36FN11O6. The number of aldehydes is 1. The van der Waals surface area contributed by atoms with Gasteiger partial charge in [0.1, 0.15) is 30.1 Å². The van der Waals surface area contributed by atoms with Crippen molar-refractivity contribution in [2.24, 2.45) is 22.9 Å². The Balaban J connectivity index is 0.000000489. The van der Waals surface area contributed by atoms with E-state index in [9.17, 15) is 39.0 Å². The Morgan fingerprint density at radius 1 is 0.849 bits per heavy atom. The molecule has 4 aromatic rings. The van der Waals surface area contributed by atoms with E-state index in [1.807, 2.05) is 6.07 Å². The first-order chi connectivity index (χ1) is 25.3. The highest BCUT2D eigenvalue weighted by Crippen LogP contribution is 2.26. The molecule has 53 heavy (non-hydrogen) atoms. The summed E-state index contributed by atoms with van der Waals surface area (Å²) in [5.74, 6) is -3.44. The normalized spacial score (nSPS) is 11.9. The highest BCUT2D eigenvalue weighted by Gasteiger charge is 2.19. The van der Waals surface area contributed by atoms with Gasteiger partial charge in [-0.25, -0.2) is 23.9 Å². The van der Waals surface area contributed by atoms with Crippen LogP contribution in [0.1, 0.15) is 43.8 Å². The SMILES string of the molecule is CNc1cc(CCCc2cc(NC(=O)/C(N)=C/C=C(\N)n3ccnc3)c(C(=O)O)cc2C#N)c(F)cc1C(=O)O.N/C(C=O)=C\C=C(/N)n1ccnc1. The van der Waals surface area contributed by atoms with Gasteiger partial charge in [-0.15, -0.1) is 0 Å². The molecule has 274 valence electrons. The van der Waals surface area contributed by atoms with Crippen molar-refractivity contribution in [2.45, 2.75) is 19.3 Å². The van der Waals surface area contributed by atoms with Crippen LogP contribution in [-0.4, -0.2) is 60.5 Å². The average Bonchev–Trinajstić information content (AvgIpc) is 3.89. The molecular weight excluding hydrogens is 689 g/mol. The Hall–Kier alpha value is -7.68. The molecule has 0 aliphatic carbocycles. The van der Waals surface area contributed by atoms with Gasteiger partial charge in [0.25, 0.3) is 5.91 Å². The number of aromatic nitrogens is 4. The number of carboxylic acids is 2. The summed E-state index contributed by atoms with van der Waals surface area (Å²) < 4.78 is 17.6. The zero-order chi connectivity index (χ0) is 39.1. The molecule has 0 radical (unpaired) electrons. The Kier molecular flexibility index (Phi) is 14.2. The number of halogens is 1. The van der Waals surface area contributed by atoms with Crippen LogP contribution < -0.4 is 33.6 Å². The lowest BCUT2D eigenvalue weighted by Gasteiger charge is -2.13. The van der Waals surface area contributed by atoms with E-state index < -0.39 is 23.7 Å². The summed E-state index contributed by atoms with van der Waals surface area (Å²) in [5.41, 5.74) is 22.9. The van der Waals surface area contributed by atoms with E-state index in [1.54, 1.807) is 29.5 Å². The number of anilines is 2. The minimum Gasteiger partial charge on any atom is -0.478 e. The van der Waals surface area contributed by atoms with Crippen molar-refractivity contribution >= 4 is 47.1 Å². The van der Waals surface area contributed by atoms with Crippen molar-refractivity contribution < 1.29 is 33.8 Å². The number of nitrogens with two attached hydrogens (primary N) is 4. The smallest absolute Gasteiger partial charge is 0.337 e. The fraction of sp³-hybridized carbons (Fsp3) is 0.114. The van der Waals surface area contributed by atoms with Gasteiger partial charge in [0, 0.05) is 37.5 Å². The number of nitrogens with one attached hydrogen (secondary N) is 2. The number of allylic oxidation sites excluding steroid dienone is 5. The lowest BCUT2D eigenvalue weighted by molar-refractivity contribution is -0.113. The van der Waals surface area contributed by atoms with E-state index in [1.165, 1.54) is 60.6 Å². The number of benzene rings is 2. The third-order valence-corrected chi connectivity index (χ3v) is 7.30. The van der Waals surface area contributed by atoms with Crippen LogP contribution >= 0.6 is 0 Å². The zero-order valence-electron chi connectivity index (χ0n) is 28.2. The van der Waals surface area contributed by atoms with Crippen LogP contribution in [0.4, 0.5) is 15.8 Å². The molecule has 1 amide bonds. The van der Waals surface area contributed by atoms with Crippen molar-refractivity contribution in [3.05, 3.63) is 131 Å². The largest absolute Gasteiger partial charge is 0.478 e. The number of nitrogens with zero attached hydrogens (tertiary/aromatic N) is 5. The molecule has 0 saturated carbocycles. The first-order valence-corrected chi connectivity index (χ1v) is 15.4. The molecule has 2 aromatic carbocycles. The Morgan fingerprint density at radius 3 is 1.91 bits per heavy atom. The van der Waals surface area contributed by atoms with Gasteiger partial charge >= 0.3 is 11.9 Å². The molecule has 12 N–H and O–H groups in total. The van der Waals surface area contributed by atoms with Crippen LogP contribution in [-0.2, 0) is 22.4 Å². The van der Waals surface area contributed by atoms with Crippen molar-refractivity contribution in [1.29, 1.82) is 5.26 Å². The number of aryl methyl sites for hydroxylation is 2. The maximum Gasteiger partial charge on any atom is 0.337 e. The molecule has 18 heteroatoms. The third kappa shape index (κ3) is 11.2. The van der Waals surface area contributed by atoms with Gasteiger partial charge in [0.05, 0.1) is 39.8 Å². The van der Waals surface area contributed by atoms with Crippen LogP contribution in [0.2, 0.25) is 0 Å². The quantitative estimate of drug-likeness (QED) is 0.0526. The Labute approximate surface area is 302 Å². The standard InChI is InChI=1S/C27H26FN7O5.C8H10N4O/c1-32-22-11-16(20(28)12-19(22)27(39)40)4-2-3-15-10-23(18(26(37)38)9-17(15)13-29)34-25(36)21(30)5-6-24(31)35-8-7-33-14-35;9-7(5-13)1-2-8(10)12-4-3-11-6-12/h5-12,14,32H,2-4,30-31H2,1H3,(H,34,36)(H,37,38)(H,39,40);1-6H,9-10H2/b21-5-,24-6+;7-1-,8-2+. The van der Waals surface area contributed by atoms with Crippen LogP contribution in [0, 0.1) is 17.1 Å². The number of carbonyl (C=O) groups excluding carboxylic acids is 2. The van der Waals surface area contributed by atoms with E-state index in [2.05, 4.69) is 20.6 Å². The molecule has 0 fully saturated rings. The van der Waals surface area contributed by atoms with Gasteiger partial charge < -0.3 is 43.8 Å². The van der Waals surface area contributed by atoms with Crippen molar-refractivity contribution in [3.8, 4) is 6.07 Å². The van der Waals surface area contributed by atoms with Gasteiger partial charge in [0.15, 0.2) is 6.29 Å². The average molecular weight is 726 g/mol. The second-order valence-corrected chi connectivity index (χ2v) is 10.9. The summed E-state index contributed by atoms with van der Waals surface area (Å²) in [6.45, 7) is 0. The number of aromatic carboxylic acids is 2. The summed E-state index contributed by atoms with van der Waals surface area (Å²) in [5, 5.41) is 33.7. The summed E-state index contributed by atoms with van der Waals surface area (Å²) in [6, 6.07) is 6.81. The number of carbonyl (C=O) groups is 4. The van der Waals surface area contributed by atoms with Crippen LogP contribution in [0.3, 0.4) is 0 Å². The first-order valence-electron chi connectivity index (χ1n) is 15.4. The lowest BCUT2D eigenvalue weighted by atomic mass is 9.96. The van der Waals surface area contributed by atoms with E-state index >= 15 is 0 Å². The number of nitriles is 1. The van der Waals surface area contributed by atoms with Crippen LogP contribution in [0.5, 0.6) is 0 Å². The van der Waals surface area contributed by atoms with Crippen LogP contribution in [0.15, 0.2) is 97.4 Å².